The van der Waals surface area contributed by atoms with Crippen LogP contribution in [0.4, 0.5) is 0 Å². The van der Waals surface area contributed by atoms with Crippen molar-refractivity contribution in [3.63, 3.8) is 0 Å². The molecule has 1 fully saturated rings. The molecule has 4 rings (SSSR count). The summed E-state index contributed by atoms with van der Waals surface area (Å²) in [6, 6.07) is 11.0. The average Bonchev–Trinajstić information content (AvgIpc) is 3.19. The fraction of sp³-hybridized carbons (Fsp3) is 0.481. The average molecular weight is 436 g/mol. The van der Waals surface area contributed by atoms with Gasteiger partial charge in [-0.1, -0.05) is 6.92 Å². The zero-order valence-electron chi connectivity index (χ0n) is 20.2. The fourth-order valence-corrected chi connectivity index (χ4v) is 5.21. The van der Waals surface area contributed by atoms with Gasteiger partial charge in [0, 0.05) is 35.2 Å². The van der Waals surface area contributed by atoms with Crippen LogP contribution in [0.25, 0.3) is 22.2 Å². The predicted octanol–water partition coefficient (Wildman–Crippen LogP) is 5.12. The number of benzene rings is 2. The normalized spacial score (nSPS) is 15.4. The van der Waals surface area contributed by atoms with Crippen LogP contribution < -0.4 is 14.8 Å². The molecule has 0 atom stereocenters. The van der Waals surface area contributed by atoms with Gasteiger partial charge in [0.25, 0.3) is 0 Å². The highest BCUT2D eigenvalue weighted by Crippen LogP contribution is 2.39. The van der Waals surface area contributed by atoms with Crippen LogP contribution in [0.1, 0.15) is 42.4 Å². The first-order valence-electron chi connectivity index (χ1n) is 11.8. The zero-order chi connectivity index (χ0) is 22.7. The highest BCUT2D eigenvalue weighted by atomic mass is 16.5. The summed E-state index contributed by atoms with van der Waals surface area (Å²) in [5.74, 6) is 2.16. The van der Waals surface area contributed by atoms with E-state index < -0.39 is 0 Å². The maximum Gasteiger partial charge on any atom is 0.161 e. The number of aromatic nitrogens is 1. The number of aromatic amines is 1. The van der Waals surface area contributed by atoms with E-state index in [1.165, 1.54) is 59.2 Å². The number of H-pyrrole nitrogens is 1. The number of piperidine rings is 1. The first kappa shape index (κ1) is 22.7. The SMILES string of the molecule is CCc1c(-c2ccc(OC)c(OC)c2)[nH]c2cc(C)c(C3CCN(CCNC)CC3)cc12. The van der Waals surface area contributed by atoms with E-state index in [4.69, 9.17) is 9.47 Å². The Morgan fingerprint density at radius 3 is 2.47 bits per heavy atom. The molecule has 0 radical (unpaired) electrons. The number of hydrogen-bond acceptors (Lipinski definition) is 4. The summed E-state index contributed by atoms with van der Waals surface area (Å²) in [6.45, 7) is 9.10. The van der Waals surface area contributed by atoms with Crippen molar-refractivity contribution in [2.24, 2.45) is 0 Å². The number of fused-ring (bicyclic) bond motifs is 1. The fourth-order valence-electron chi connectivity index (χ4n) is 5.21. The van der Waals surface area contributed by atoms with Gasteiger partial charge in [-0.05, 0) is 99.3 Å². The molecule has 0 spiro atoms. The summed E-state index contributed by atoms with van der Waals surface area (Å²) in [7, 11) is 5.39. The van der Waals surface area contributed by atoms with Gasteiger partial charge in [-0.2, -0.15) is 0 Å². The minimum atomic E-state index is 0.648. The van der Waals surface area contributed by atoms with Crippen molar-refractivity contribution in [1.82, 2.24) is 15.2 Å². The van der Waals surface area contributed by atoms with Crippen molar-refractivity contribution in [3.8, 4) is 22.8 Å². The van der Waals surface area contributed by atoms with Crippen LogP contribution in [0.5, 0.6) is 11.5 Å². The Hall–Kier alpha value is -2.50. The van der Waals surface area contributed by atoms with Gasteiger partial charge in [-0.15, -0.1) is 0 Å². The van der Waals surface area contributed by atoms with Crippen molar-refractivity contribution >= 4 is 10.9 Å². The smallest absolute Gasteiger partial charge is 0.161 e. The van der Waals surface area contributed by atoms with Gasteiger partial charge in [0.2, 0.25) is 0 Å². The lowest BCUT2D eigenvalue weighted by Crippen LogP contribution is -2.37. The predicted molar refractivity (Wildman–Crippen MR) is 133 cm³/mol. The topological polar surface area (TPSA) is 49.5 Å². The minimum absolute atomic E-state index is 0.648. The van der Waals surface area contributed by atoms with E-state index in [9.17, 15) is 0 Å². The van der Waals surface area contributed by atoms with Gasteiger partial charge < -0.3 is 24.7 Å². The molecular formula is C27H37N3O2. The number of nitrogens with zero attached hydrogens (tertiary/aromatic N) is 1. The lowest BCUT2D eigenvalue weighted by Gasteiger charge is -2.32. The van der Waals surface area contributed by atoms with E-state index >= 15 is 0 Å². The summed E-state index contributed by atoms with van der Waals surface area (Å²) < 4.78 is 11.0. The number of aryl methyl sites for hydroxylation is 2. The third-order valence-corrected chi connectivity index (χ3v) is 7.02. The van der Waals surface area contributed by atoms with Crippen LogP contribution in [0, 0.1) is 6.92 Å². The molecule has 2 aromatic carbocycles. The number of nitrogens with one attached hydrogen (secondary N) is 2. The van der Waals surface area contributed by atoms with Crippen LogP contribution in [-0.2, 0) is 6.42 Å². The standard InChI is InChI=1S/C27H37N3O2/c1-6-21-23-17-22(19-9-12-30(13-10-19)14-11-28-3)18(2)15-24(23)29-27(21)20-7-8-25(31-4)26(16-20)32-5/h7-8,15-17,19,28-29H,6,9-14H2,1-5H3. The second-order valence-corrected chi connectivity index (χ2v) is 8.88. The second-order valence-electron chi connectivity index (χ2n) is 8.88. The molecule has 0 unspecified atom stereocenters. The van der Waals surface area contributed by atoms with E-state index in [0.717, 1.165) is 36.6 Å². The Morgan fingerprint density at radius 1 is 1.06 bits per heavy atom. The van der Waals surface area contributed by atoms with Crippen LogP contribution in [0.3, 0.4) is 0 Å². The summed E-state index contributed by atoms with van der Waals surface area (Å²) in [6.07, 6.45) is 3.46. The van der Waals surface area contributed by atoms with Crippen LogP contribution in [-0.4, -0.2) is 57.3 Å². The summed E-state index contributed by atoms with van der Waals surface area (Å²) >= 11 is 0. The highest BCUT2D eigenvalue weighted by Gasteiger charge is 2.23. The Morgan fingerprint density at radius 2 is 1.81 bits per heavy atom. The van der Waals surface area contributed by atoms with Crippen LogP contribution in [0.15, 0.2) is 30.3 Å². The molecule has 0 saturated carbocycles. The Balaban J connectivity index is 1.68. The van der Waals surface area contributed by atoms with Gasteiger partial charge in [0.05, 0.1) is 14.2 Å². The van der Waals surface area contributed by atoms with Crippen molar-refractivity contribution in [3.05, 3.63) is 47.0 Å². The number of likely N-dealkylation sites (N-methyl/N-ethyl adjacent to an activating group) is 1. The highest BCUT2D eigenvalue weighted by molar-refractivity contribution is 5.92. The van der Waals surface area contributed by atoms with E-state index in [1.54, 1.807) is 14.2 Å². The molecular weight excluding hydrogens is 398 g/mol. The van der Waals surface area contributed by atoms with Gasteiger partial charge in [0.15, 0.2) is 11.5 Å². The largest absolute Gasteiger partial charge is 0.493 e. The van der Waals surface area contributed by atoms with Gasteiger partial charge in [0.1, 0.15) is 0 Å². The molecule has 32 heavy (non-hydrogen) atoms. The molecule has 1 aromatic heterocycles. The third kappa shape index (κ3) is 4.37. The zero-order valence-corrected chi connectivity index (χ0v) is 20.2. The number of methoxy groups -OCH3 is 2. The number of rotatable bonds is 8. The lowest BCUT2D eigenvalue weighted by molar-refractivity contribution is 0.214. The number of hydrogen-bond donors (Lipinski definition) is 2. The quantitative estimate of drug-likeness (QED) is 0.515. The van der Waals surface area contributed by atoms with Gasteiger partial charge in [-0.25, -0.2) is 0 Å². The Labute approximate surface area is 192 Å². The van der Waals surface area contributed by atoms with Crippen molar-refractivity contribution in [1.29, 1.82) is 0 Å². The maximum atomic E-state index is 5.55. The molecule has 172 valence electrons. The summed E-state index contributed by atoms with van der Waals surface area (Å²) in [5, 5.41) is 4.63. The molecule has 3 aromatic rings. The molecule has 5 heteroatoms. The first-order chi connectivity index (χ1) is 15.6. The Bertz CT molecular complexity index is 1060. The second kappa shape index (κ2) is 9.97. The van der Waals surface area contributed by atoms with E-state index in [0.29, 0.717) is 5.92 Å². The summed E-state index contributed by atoms with van der Waals surface area (Å²) in [4.78, 5) is 6.30. The molecule has 5 nitrogen and oxygen atoms in total. The number of ether oxygens (including phenoxy) is 2. The molecule has 2 N–H and O–H groups in total. The van der Waals surface area contributed by atoms with Crippen LogP contribution >= 0.6 is 0 Å². The van der Waals surface area contributed by atoms with Gasteiger partial charge in [-0.3, -0.25) is 0 Å². The molecule has 1 saturated heterocycles. The molecule has 0 bridgehead atoms. The molecule has 0 aliphatic carbocycles. The Kier molecular flexibility index (Phi) is 7.07. The van der Waals surface area contributed by atoms with E-state index in [1.807, 2.05) is 13.1 Å². The van der Waals surface area contributed by atoms with Crippen molar-refractivity contribution in [2.75, 3.05) is 47.4 Å². The van der Waals surface area contributed by atoms with Crippen molar-refractivity contribution < 1.29 is 9.47 Å². The van der Waals surface area contributed by atoms with E-state index in [-0.39, 0.29) is 0 Å². The lowest BCUT2D eigenvalue weighted by atomic mass is 9.85. The molecule has 1 aliphatic heterocycles. The maximum absolute atomic E-state index is 5.55. The number of likely N-dealkylation sites (tertiary alicyclic amines) is 1. The molecule has 2 heterocycles. The third-order valence-electron chi connectivity index (χ3n) is 7.02. The first-order valence-corrected chi connectivity index (χ1v) is 11.8. The van der Waals surface area contributed by atoms with Gasteiger partial charge >= 0.3 is 0 Å². The molecule has 1 aliphatic rings. The van der Waals surface area contributed by atoms with E-state index in [2.05, 4.69) is 53.3 Å². The minimum Gasteiger partial charge on any atom is -0.493 e. The van der Waals surface area contributed by atoms with Crippen molar-refractivity contribution in [2.45, 2.75) is 39.0 Å². The molecule has 0 amide bonds. The monoisotopic (exact) mass is 435 g/mol. The summed E-state index contributed by atoms with van der Waals surface area (Å²) in [5.41, 5.74) is 7.83. The van der Waals surface area contributed by atoms with Crippen LogP contribution in [0.2, 0.25) is 0 Å².